The van der Waals surface area contributed by atoms with Crippen LogP contribution in [0.15, 0.2) is 59.7 Å². The number of nitrogens with one attached hydrogen (secondary N) is 2. The van der Waals surface area contributed by atoms with Crippen LogP contribution in [0.2, 0.25) is 0 Å². The van der Waals surface area contributed by atoms with E-state index in [2.05, 4.69) is 25.5 Å². The Morgan fingerprint density at radius 3 is 2.52 bits per heavy atom. The molecule has 0 bridgehead atoms. The summed E-state index contributed by atoms with van der Waals surface area (Å²) in [6, 6.07) is 15.7. The Morgan fingerprint density at radius 1 is 1.14 bits per heavy atom. The summed E-state index contributed by atoms with van der Waals surface area (Å²) in [6.07, 6.45) is 1.47. The maximum atomic E-state index is 12.2. The first-order chi connectivity index (χ1) is 14.1. The molecule has 2 aromatic carbocycles. The second-order valence-corrected chi connectivity index (χ2v) is 5.94. The summed E-state index contributed by atoms with van der Waals surface area (Å²) < 4.78 is 10.1. The molecule has 3 rings (SSSR count). The van der Waals surface area contributed by atoms with Gasteiger partial charge in [0.05, 0.1) is 31.2 Å². The number of nitrogens with zero attached hydrogens (tertiary/aromatic N) is 2. The van der Waals surface area contributed by atoms with Gasteiger partial charge in [-0.2, -0.15) is 10.2 Å². The largest absolute Gasteiger partial charge is 0.494 e. The van der Waals surface area contributed by atoms with Crippen molar-refractivity contribution in [1.29, 1.82) is 0 Å². The van der Waals surface area contributed by atoms with Gasteiger partial charge in [0.1, 0.15) is 11.4 Å². The van der Waals surface area contributed by atoms with Crippen LogP contribution in [0.1, 0.15) is 33.3 Å². The predicted molar refractivity (Wildman–Crippen MR) is 108 cm³/mol. The van der Waals surface area contributed by atoms with E-state index in [-0.39, 0.29) is 5.69 Å². The molecule has 0 unspecified atom stereocenters. The highest BCUT2D eigenvalue weighted by Crippen LogP contribution is 2.21. The first-order valence-electron chi connectivity index (χ1n) is 8.91. The van der Waals surface area contributed by atoms with Crippen molar-refractivity contribution in [3.05, 3.63) is 71.4 Å². The molecule has 0 saturated heterocycles. The van der Waals surface area contributed by atoms with Crippen LogP contribution < -0.4 is 10.2 Å². The molecule has 148 valence electrons. The van der Waals surface area contributed by atoms with Crippen LogP contribution in [0.5, 0.6) is 5.75 Å². The molecule has 3 aromatic rings. The number of aromatic amines is 1. The van der Waals surface area contributed by atoms with Gasteiger partial charge in [0.2, 0.25) is 0 Å². The molecule has 0 fully saturated rings. The lowest BCUT2D eigenvalue weighted by Crippen LogP contribution is -2.18. The zero-order valence-corrected chi connectivity index (χ0v) is 16.0. The molecule has 8 nitrogen and oxygen atoms in total. The lowest BCUT2D eigenvalue weighted by atomic mass is 10.1. The highest BCUT2D eigenvalue weighted by Gasteiger charge is 2.10. The molecule has 0 spiro atoms. The van der Waals surface area contributed by atoms with E-state index in [0.717, 1.165) is 16.9 Å². The monoisotopic (exact) mass is 392 g/mol. The molecule has 0 aliphatic carbocycles. The molecule has 8 heteroatoms. The van der Waals surface area contributed by atoms with Gasteiger partial charge in [0.25, 0.3) is 5.91 Å². The molecule has 0 saturated carbocycles. The third-order valence-electron chi connectivity index (χ3n) is 4.00. The minimum atomic E-state index is -0.419. The average Bonchev–Trinajstić information content (AvgIpc) is 3.25. The molecular weight excluding hydrogens is 372 g/mol. The molecule has 1 aromatic heterocycles. The smallest absolute Gasteiger partial charge is 0.337 e. The minimum Gasteiger partial charge on any atom is -0.494 e. The molecule has 2 N–H and O–H groups in total. The summed E-state index contributed by atoms with van der Waals surface area (Å²) in [4.78, 5) is 23.6. The summed E-state index contributed by atoms with van der Waals surface area (Å²) >= 11 is 0. The highest BCUT2D eigenvalue weighted by molar-refractivity contribution is 5.94. The molecular formula is C21H20N4O4. The Labute approximate surface area is 167 Å². The highest BCUT2D eigenvalue weighted by atomic mass is 16.5. The van der Waals surface area contributed by atoms with Crippen molar-refractivity contribution in [1.82, 2.24) is 15.6 Å². The number of rotatable bonds is 7. The van der Waals surface area contributed by atoms with Gasteiger partial charge in [-0.15, -0.1) is 0 Å². The lowest BCUT2D eigenvalue weighted by Gasteiger charge is -2.02. The van der Waals surface area contributed by atoms with Crippen LogP contribution in [-0.2, 0) is 4.74 Å². The van der Waals surface area contributed by atoms with Crippen LogP contribution in [0.3, 0.4) is 0 Å². The van der Waals surface area contributed by atoms with E-state index in [0.29, 0.717) is 17.9 Å². The molecule has 0 aliphatic heterocycles. The lowest BCUT2D eigenvalue weighted by molar-refractivity contribution is 0.0600. The summed E-state index contributed by atoms with van der Waals surface area (Å²) in [6.45, 7) is 2.52. The molecule has 0 aliphatic rings. The van der Waals surface area contributed by atoms with Crippen molar-refractivity contribution >= 4 is 18.1 Å². The normalized spacial score (nSPS) is 10.7. The van der Waals surface area contributed by atoms with Crippen LogP contribution in [-0.4, -0.2) is 42.0 Å². The third kappa shape index (κ3) is 5.07. The van der Waals surface area contributed by atoms with Crippen molar-refractivity contribution in [2.24, 2.45) is 5.10 Å². The number of aromatic nitrogens is 2. The number of hydrogen-bond donors (Lipinski definition) is 2. The van der Waals surface area contributed by atoms with Gasteiger partial charge < -0.3 is 9.47 Å². The maximum absolute atomic E-state index is 12.2. The van der Waals surface area contributed by atoms with E-state index < -0.39 is 11.9 Å². The molecule has 0 radical (unpaired) electrons. The van der Waals surface area contributed by atoms with Gasteiger partial charge in [-0.1, -0.05) is 12.1 Å². The van der Waals surface area contributed by atoms with Crippen LogP contribution in [0.4, 0.5) is 0 Å². The van der Waals surface area contributed by atoms with Crippen LogP contribution >= 0.6 is 0 Å². The Balaban J connectivity index is 1.60. The third-order valence-corrected chi connectivity index (χ3v) is 4.00. The summed E-state index contributed by atoms with van der Waals surface area (Å²) in [5.74, 6) is -0.0554. The van der Waals surface area contributed by atoms with Crippen LogP contribution in [0, 0.1) is 0 Å². The number of hydrazone groups is 1. The van der Waals surface area contributed by atoms with Gasteiger partial charge >= 0.3 is 5.97 Å². The molecule has 1 heterocycles. The number of benzene rings is 2. The maximum Gasteiger partial charge on any atom is 0.337 e. The molecule has 29 heavy (non-hydrogen) atoms. The fourth-order valence-corrected chi connectivity index (χ4v) is 2.52. The first-order valence-corrected chi connectivity index (χ1v) is 8.91. The van der Waals surface area contributed by atoms with Gasteiger partial charge in [-0.25, -0.2) is 10.2 Å². The second-order valence-electron chi connectivity index (χ2n) is 5.94. The number of hydrogen-bond acceptors (Lipinski definition) is 6. The van der Waals surface area contributed by atoms with Crippen LogP contribution in [0.25, 0.3) is 11.3 Å². The van der Waals surface area contributed by atoms with Crippen molar-refractivity contribution in [2.45, 2.75) is 6.92 Å². The Kier molecular flexibility index (Phi) is 6.36. The number of methoxy groups -OCH3 is 1. The first kappa shape index (κ1) is 19.8. The molecule has 0 atom stereocenters. The van der Waals surface area contributed by atoms with Crippen molar-refractivity contribution in [3.63, 3.8) is 0 Å². The van der Waals surface area contributed by atoms with Crippen molar-refractivity contribution < 1.29 is 19.1 Å². The van der Waals surface area contributed by atoms with Gasteiger partial charge in [-0.05, 0) is 55.0 Å². The predicted octanol–water partition coefficient (Wildman–Crippen LogP) is 3.03. The Morgan fingerprint density at radius 2 is 1.86 bits per heavy atom. The fourth-order valence-electron chi connectivity index (χ4n) is 2.52. The Hall–Kier alpha value is -3.94. The fraction of sp³-hybridized carbons (Fsp3) is 0.143. The van der Waals surface area contributed by atoms with Crippen molar-refractivity contribution in [2.75, 3.05) is 13.7 Å². The van der Waals surface area contributed by atoms with E-state index in [9.17, 15) is 9.59 Å². The van der Waals surface area contributed by atoms with E-state index in [1.54, 1.807) is 30.3 Å². The van der Waals surface area contributed by atoms with Gasteiger partial charge in [-0.3, -0.25) is 9.89 Å². The minimum absolute atomic E-state index is 0.284. The quantitative estimate of drug-likeness (QED) is 0.365. The summed E-state index contributed by atoms with van der Waals surface area (Å²) in [5.41, 5.74) is 5.38. The SMILES string of the molecule is CCOc1ccc(-c2cc(C(=O)N/N=C/c3ccc(C(=O)OC)cc3)[nH]n2)cc1. The zero-order chi connectivity index (χ0) is 20.6. The number of carbonyl (C=O) groups excluding carboxylic acids is 2. The van der Waals surface area contributed by atoms with E-state index in [1.807, 2.05) is 31.2 Å². The summed E-state index contributed by atoms with van der Waals surface area (Å²) in [7, 11) is 1.32. The van der Waals surface area contributed by atoms with Gasteiger partial charge in [0.15, 0.2) is 0 Å². The number of esters is 1. The van der Waals surface area contributed by atoms with E-state index >= 15 is 0 Å². The average molecular weight is 392 g/mol. The van der Waals surface area contributed by atoms with E-state index in [1.165, 1.54) is 13.3 Å². The number of carbonyl (C=O) groups is 2. The number of amides is 1. The van der Waals surface area contributed by atoms with Gasteiger partial charge in [0, 0.05) is 5.56 Å². The van der Waals surface area contributed by atoms with Crippen molar-refractivity contribution in [3.8, 4) is 17.0 Å². The molecule has 1 amide bonds. The zero-order valence-electron chi connectivity index (χ0n) is 16.0. The standard InChI is InChI=1S/C21H20N4O4/c1-3-29-17-10-8-15(9-11-17)18-12-19(24-23-18)20(26)25-22-13-14-4-6-16(7-5-14)21(27)28-2/h4-13H,3H2,1-2H3,(H,23,24)(H,25,26)/b22-13+. The van der Waals surface area contributed by atoms with E-state index in [4.69, 9.17) is 4.74 Å². The number of H-pyrrole nitrogens is 1. The summed E-state index contributed by atoms with van der Waals surface area (Å²) in [5, 5.41) is 10.8. The second kappa shape index (κ2) is 9.32. The Bertz CT molecular complexity index is 1010. The number of ether oxygens (including phenoxy) is 2. The topological polar surface area (TPSA) is 106 Å².